The molecule has 0 aromatic carbocycles. The van der Waals surface area contributed by atoms with Crippen LogP contribution in [0.5, 0.6) is 0 Å². The largest absolute Gasteiger partial charge is 0.372 e. The van der Waals surface area contributed by atoms with Gasteiger partial charge in [0.05, 0.1) is 17.8 Å². The molecule has 0 N–H and O–H groups in total. The Kier molecular flexibility index (Phi) is 3.64. The number of morpholine rings is 1. The molecule has 1 fully saturated rings. The molecule has 1 aliphatic rings. The van der Waals surface area contributed by atoms with Gasteiger partial charge >= 0.3 is 0 Å². The predicted molar refractivity (Wildman–Crippen MR) is 65.2 cm³/mol. The van der Waals surface area contributed by atoms with Crippen LogP contribution in [0.4, 0.5) is 0 Å². The van der Waals surface area contributed by atoms with E-state index in [9.17, 15) is 4.79 Å². The minimum atomic E-state index is -0.0174. The van der Waals surface area contributed by atoms with Gasteiger partial charge in [0.2, 0.25) is 0 Å². The molecule has 2 atom stereocenters. The van der Waals surface area contributed by atoms with Crippen LogP contribution in [-0.4, -0.2) is 41.1 Å². The number of carbonyl (C=O) groups is 1. The summed E-state index contributed by atoms with van der Waals surface area (Å²) in [5.41, 5.74) is 0.565. The third-order valence-corrected chi connectivity index (χ3v) is 2.90. The van der Waals surface area contributed by atoms with Crippen LogP contribution in [0.3, 0.4) is 0 Å². The van der Waals surface area contributed by atoms with Crippen molar-refractivity contribution in [1.82, 2.24) is 9.88 Å². The molecule has 1 aromatic heterocycles. The summed E-state index contributed by atoms with van der Waals surface area (Å²) in [7, 11) is 0. The maximum Gasteiger partial charge on any atom is 0.255 e. The lowest BCUT2D eigenvalue weighted by Crippen LogP contribution is -2.48. The van der Waals surface area contributed by atoms with E-state index in [2.05, 4.69) is 4.98 Å². The van der Waals surface area contributed by atoms with Crippen molar-refractivity contribution in [2.24, 2.45) is 0 Å². The van der Waals surface area contributed by atoms with Gasteiger partial charge in [-0.15, -0.1) is 0 Å². The lowest BCUT2D eigenvalue weighted by molar-refractivity contribution is -0.0586. The molecule has 0 bridgehead atoms. The third-order valence-electron chi connectivity index (χ3n) is 2.68. The highest BCUT2D eigenvalue weighted by Crippen LogP contribution is 2.14. The van der Waals surface area contributed by atoms with Crippen molar-refractivity contribution in [3.63, 3.8) is 0 Å². The minimum absolute atomic E-state index is 0.0174. The molecule has 4 nitrogen and oxygen atoms in total. The number of halogens is 1. The number of rotatable bonds is 1. The molecule has 2 heterocycles. The van der Waals surface area contributed by atoms with E-state index in [1.54, 1.807) is 17.0 Å². The highest BCUT2D eigenvalue weighted by molar-refractivity contribution is 6.29. The lowest BCUT2D eigenvalue weighted by Gasteiger charge is -2.35. The highest BCUT2D eigenvalue weighted by atomic mass is 35.5. The van der Waals surface area contributed by atoms with Gasteiger partial charge in [0.15, 0.2) is 0 Å². The molecular weight excluding hydrogens is 240 g/mol. The van der Waals surface area contributed by atoms with Gasteiger partial charge in [-0.25, -0.2) is 4.98 Å². The Labute approximate surface area is 106 Å². The number of carbonyl (C=O) groups excluding carboxylic acids is 1. The second kappa shape index (κ2) is 5.02. The smallest absolute Gasteiger partial charge is 0.255 e. The fourth-order valence-electron chi connectivity index (χ4n) is 2.03. The fourth-order valence-corrected chi connectivity index (χ4v) is 2.14. The van der Waals surface area contributed by atoms with Gasteiger partial charge in [-0.05, 0) is 26.0 Å². The molecule has 5 heteroatoms. The number of aromatic nitrogens is 1. The normalized spacial score (nSPS) is 24.8. The summed E-state index contributed by atoms with van der Waals surface area (Å²) >= 11 is 5.69. The summed E-state index contributed by atoms with van der Waals surface area (Å²) in [6.07, 6.45) is 1.65. The first-order chi connectivity index (χ1) is 8.06. The third kappa shape index (κ3) is 2.96. The molecular formula is C12H15ClN2O2. The number of hydrogen-bond acceptors (Lipinski definition) is 3. The summed E-state index contributed by atoms with van der Waals surface area (Å²) < 4.78 is 5.59. The Balaban J connectivity index is 2.11. The number of nitrogens with zero attached hydrogens (tertiary/aromatic N) is 2. The van der Waals surface area contributed by atoms with E-state index in [1.807, 2.05) is 13.8 Å². The van der Waals surface area contributed by atoms with Crippen molar-refractivity contribution in [1.29, 1.82) is 0 Å². The quantitative estimate of drug-likeness (QED) is 0.720. The maximum absolute atomic E-state index is 12.2. The monoisotopic (exact) mass is 254 g/mol. The zero-order valence-electron chi connectivity index (χ0n) is 9.89. The van der Waals surface area contributed by atoms with E-state index in [0.29, 0.717) is 23.8 Å². The van der Waals surface area contributed by atoms with E-state index in [-0.39, 0.29) is 18.1 Å². The maximum atomic E-state index is 12.2. The average Bonchev–Trinajstić information content (AvgIpc) is 2.28. The number of pyridine rings is 1. The van der Waals surface area contributed by atoms with E-state index in [1.165, 1.54) is 6.20 Å². The second-order valence-electron chi connectivity index (χ2n) is 4.34. The molecule has 0 aliphatic carbocycles. The molecule has 0 radical (unpaired) electrons. The van der Waals surface area contributed by atoms with E-state index in [4.69, 9.17) is 16.3 Å². The van der Waals surface area contributed by atoms with Crippen molar-refractivity contribution >= 4 is 17.5 Å². The summed E-state index contributed by atoms with van der Waals surface area (Å²) in [5.74, 6) is -0.0174. The Bertz CT molecular complexity index is 397. The zero-order chi connectivity index (χ0) is 12.4. The molecule has 92 valence electrons. The first kappa shape index (κ1) is 12.3. The minimum Gasteiger partial charge on any atom is -0.372 e. The SMILES string of the molecule is CC1CN(C(=O)c2ccc(Cl)nc2)CC(C)O1. The number of hydrogen-bond donors (Lipinski definition) is 0. The molecule has 1 aromatic rings. The molecule has 0 spiro atoms. The summed E-state index contributed by atoms with van der Waals surface area (Å²) in [5, 5.41) is 0.394. The van der Waals surface area contributed by atoms with Crippen LogP contribution in [-0.2, 0) is 4.74 Å². The molecule has 2 rings (SSSR count). The summed E-state index contributed by atoms with van der Waals surface area (Å²) in [6.45, 7) is 5.17. The molecule has 1 aliphatic heterocycles. The van der Waals surface area contributed by atoms with E-state index >= 15 is 0 Å². The average molecular weight is 255 g/mol. The van der Waals surface area contributed by atoms with Crippen molar-refractivity contribution in [2.45, 2.75) is 26.1 Å². The van der Waals surface area contributed by atoms with Gasteiger partial charge in [0.25, 0.3) is 5.91 Å². The van der Waals surface area contributed by atoms with Gasteiger partial charge in [-0.1, -0.05) is 11.6 Å². The van der Waals surface area contributed by atoms with Crippen LogP contribution < -0.4 is 0 Å². The molecule has 1 saturated heterocycles. The second-order valence-corrected chi connectivity index (χ2v) is 4.72. The first-order valence-corrected chi connectivity index (χ1v) is 6.00. The Hall–Kier alpha value is -1.13. The van der Waals surface area contributed by atoms with Crippen molar-refractivity contribution in [3.8, 4) is 0 Å². The van der Waals surface area contributed by atoms with Crippen LogP contribution in [0, 0.1) is 0 Å². The number of amides is 1. The van der Waals surface area contributed by atoms with Crippen LogP contribution in [0.15, 0.2) is 18.3 Å². The molecule has 17 heavy (non-hydrogen) atoms. The van der Waals surface area contributed by atoms with E-state index < -0.39 is 0 Å². The molecule has 2 unspecified atom stereocenters. The predicted octanol–water partition coefficient (Wildman–Crippen LogP) is 1.98. The zero-order valence-corrected chi connectivity index (χ0v) is 10.6. The highest BCUT2D eigenvalue weighted by Gasteiger charge is 2.26. The summed E-state index contributed by atoms with van der Waals surface area (Å²) in [6, 6.07) is 3.32. The van der Waals surface area contributed by atoms with Gasteiger partial charge in [0, 0.05) is 19.3 Å². The topological polar surface area (TPSA) is 42.4 Å². The van der Waals surface area contributed by atoms with Gasteiger partial charge < -0.3 is 9.64 Å². The van der Waals surface area contributed by atoms with Crippen molar-refractivity contribution in [3.05, 3.63) is 29.0 Å². The summed E-state index contributed by atoms with van der Waals surface area (Å²) in [4.78, 5) is 17.9. The number of ether oxygens (including phenoxy) is 1. The molecule has 1 amide bonds. The Morgan fingerprint density at radius 2 is 2.06 bits per heavy atom. The standard InChI is InChI=1S/C12H15ClN2O2/c1-8-6-15(7-9(2)17-8)12(16)10-3-4-11(13)14-5-10/h3-5,8-9H,6-7H2,1-2H3. The van der Waals surface area contributed by atoms with Crippen molar-refractivity contribution in [2.75, 3.05) is 13.1 Å². The van der Waals surface area contributed by atoms with Crippen LogP contribution in [0.2, 0.25) is 5.15 Å². The lowest BCUT2D eigenvalue weighted by atomic mass is 10.2. The van der Waals surface area contributed by atoms with Crippen LogP contribution in [0.25, 0.3) is 0 Å². The van der Waals surface area contributed by atoms with Crippen LogP contribution in [0.1, 0.15) is 24.2 Å². The van der Waals surface area contributed by atoms with Gasteiger partial charge in [-0.3, -0.25) is 4.79 Å². The van der Waals surface area contributed by atoms with E-state index in [0.717, 1.165) is 0 Å². The molecule has 0 saturated carbocycles. The Morgan fingerprint density at radius 1 is 1.41 bits per heavy atom. The Morgan fingerprint density at radius 3 is 2.59 bits per heavy atom. The van der Waals surface area contributed by atoms with Gasteiger partial charge in [-0.2, -0.15) is 0 Å². The first-order valence-electron chi connectivity index (χ1n) is 5.62. The van der Waals surface area contributed by atoms with Crippen molar-refractivity contribution < 1.29 is 9.53 Å². The van der Waals surface area contributed by atoms with Gasteiger partial charge in [0.1, 0.15) is 5.15 Å². The van der Waals surface area contributed by atoms with Crippen LogP contribution >= 0.6 is 11.6 Å². The fraction of sp³-hybridized carbons (Fsp3) is 0.500.